The summed E-state index contributed by atoms with van der Waals surface area (Å²) in [5, 5.41) is 0. The third kappa shape index (κ3) is 5.80. The second-order valence-corrected chi connectivity index (χ2v) is 6.97. The monoisotopic (exact) mass is 346 g/mol. The van der Waals surface area contributed by atoms with Gasteiger partial charge in [-0.05, 0) is 31.4 Å². The molecule has 2 heterocycles. The molecule has 2 aliphatic rings. The van der Waals surface area contributed by atoms with Crippen LogP contribution in [0.25, 0.3) is 0 Å². The SMILES string of the molecule is O=C(C1CCCN(CCCOCc2ccccc2)C1)N1CCOCC1. The summed E-state index contributed by atoms with van der Waals surface area (Å²) in [7, 11) is 0. The number of nitrogens with zero attached hydrogens (tertiary/aromatic N) is 2. The lowest BCUT2D eigenvalue weighted by molar-refractivity contribution is -0.141. The molecular weight excluding hydrogens is 316 g/mol. The van der Waals surface area contributed by atoms with Crippen LogP contribution in [0.5, 0.6) is 0 Å². The summed E-state index contributed by atoms with van der Waals surface area (Å²) in [4.78, 5) is 17.1. The Kier molecular flexibility index (Phi) is 7.27. The van der Waals surface area contributed by atoms with E-state index in [4.69, 9.17) is 9.47 Å². The van der Waals surface area contributed by atoms with E-state index in [0.717, 1.165) is 58.6 Å². The number of likely N-dealkylation sites (tertiary alicyclic amines) is 1. The number of carbonyl (C=O) groups excluding carboxylic acids is 1. The molecular formula is C20H30N2O3. The first-order valence-corrected chi connectivity index (χ1v) is 9.53. The van der Waals surface area contributed by atoms with Crippen LogP contribution in [0.2, 0.25) is 0 Å². The van der Waals surface area contributed by atoms with Crippen LogP contribution in [0.15, 0.2) is 30.3 Å². The summed E-state index contributed by atoms with van der Waals surface area (Å²) >= 11 is 0. The van der Waals surface area contributed by atoms with Crippen molar-refractivity contribution in [1.29, 1.82) is 0 Å². The Hall–Kier alpha value is -1.43. The molecule has 0 N–H and O–H groups in total. The lowest BCUT2D eigenvalue weighted by Gasteiger charge is -2.36. The number of hydrogen-bond donors (Lipinski definition) is 0. The maximum absolute atomic E-state index is 12.7. The third-order valence-electron chi connectivity index (χ3n) is 5.05. The topological polar surface area (TPSA) is 42.0 Å². The fourth-order valence-electron chi connectivity index (χ4n) is 3.66. The molecule has 1 atom stereocenters. The van der Waals surface area contributed by atoms with E-state index in [9.17, 15) is 4.79 Å². The molecule has 0 radical (unpaired) electrons. The Bertz CT molecular complexity index is 517. The van der Waals surface area contributed by atoms with Crippen molar-refractivity contribution in [2.24, 2.45) is 5.92 Å². The molecule has 1 amide bonds. The molecule has 138 valence electrons. The fourth-order valence-corrected chi connectivity index (χ4v) is 3.66. The van der Waals surface area contributed by atoms with Gasteiger partial charge in [0, 0.05) is 32.8 Å². The van der Waals surface area contributed by atoms with Crippen LogP contribution in [-0.2, 0) is 20.9 Å². The van der Waals surface area contributed by atoms with Crippen LogP contribution in [0.1, 0.15) is 24.8 Å². The molecule has 1 aromatic rings. The molecule has 5 heteroatoms. The van der Waals surface area contributed by atoms with Gasteiger partial charge in [-0.25, -0.2) is 0 Å². The second-order valence-electron chi connectivity index (χ2n) is 6.97. The Labute approximate surface area is 150 Å². The summed E-state index contributed by atoms with van der Waals surface area (Å²) in [6.07, 6.45) is 3.16. The molecule has 0 aromatic heterocycles. The van der Waals surface area contributed by atoms with Gasteiger partial charge in [0.15, 0.2) is 0 Å². The molecule has 2 saturated heterocycles. The minimum Gasteiger partial charge on any atom is -0.378 e. The van der Waals surface area contributed by atoms with Crippen LogP contribution in [0.3, 0.4) is 0 Å². The van der Waals surface area contributed by atoms with Gasteiger partial charge < -0.3 is 19.3 Å². The second kappa shape index (κ2) is 9.90. The van der Waals surface area contributed by atoms with E-state index in [0.29, 0.717) is 25.7 Å². The van der Waals surface area contributed by atoms with E-state index < -0.39 is 0 Å². The van der Waals surface area contributed by atoms with Crippen LogP contribution in [0.4, 0.5) is 0 Å². The van der Waals surface area contributed by atoms with E-state index in [2.05, 4.69) is 17.0 Å². The summed E-state index contributed by atoms with van der Waals surface area (Å²) in [6, 6.07) is 10.3. The Morgan fingerprint density at radius 3 is 2.76 bits per heavy atom. The van der Waals surface area contributed by atoms with Gasteiger partial charge in [-0.1, -0.05) is 30.3 Å². The number of morpholine rings is 1. The van der Waals surface area contributed by atoms with E-state index in [1.807, 2.05) is 23.1 Å². The van der Waals surface area contributed by atoms with Crippen molar-refractivity contribution in [1.82, 2.24) is 9.80 Å². The summed E-state index contributed by atoms with van der Waals surface area (Å²) in [6.45, 7) is 7.34. The first kappa shape index (κ1) is 18.4. The molecule has 2 aliphatic heterocycles. The lowest BCUT2D eigenvalue weighted by atomic mass is 9.96. The van der Waals surface area contributed by atoms with E-state index in [-0.39, 0.29) is 5.92 Å². The van der Waals surface area contributed by atoms with Crippen molar-refractivity contribution in [3.05, 3.63) is 35.9 Å². The molecule has 0 aliphatic carbocycles. The largest absolute Gasteiger partial charge is 0.378 e. The number of ether oxygens (including phenoxy) is 2. The summed E-state index contributed by atoms with van der Waals surface area (Å²) in [5.41, 5.74) is 1.22. The molecule has 0 spiro atoms. The molecule has 0 bridgehead atoms. The lowest BCUT2D eigenvalue weighted by Crippen LogP contribution is -2.48. The van der Waals surface area contributed by atoms with E-state index >= 15 is 0 Å². The van der Waals surface area contributed by atoms with E-state index in [1.54, 1.807) is 0 Å². The smallest absolute Gasteiger partial charge is 0.227 e. The Morgan fingerprint density at radius 1 is 1.16 bits per heavy atom. The summed E-state index contributed by atoms with van der Waals surface area (Å²) < 4.78 is 11.1. The molecule has 3 rings (SSSR count). The predicted octanol–water partition coefficient (Wildman–Crippen LogP) is 2.16. The Balaban J connectivity index is 1.33. The first-order valence-electron chi connectivity index (χ1n) is 9.53. The van der Waals surface area contributed by atoms with Gasteiger partial charge in [0.25, 0.3) is 0 Å². The van der Waals surface area contributed by atoms with Crippen molar-refractivity contribution in [2.45, 2.75) is 25.9 Å². The average Bonchev–Trinajstić information content (AvgIpc) is 2.69. The van der Waals surface area contributed by atoms with Crippen molar-refractivity contribution < 1.29 is 14.3 Å². The highest BCUT2D eigenvalue weighted by molar-refractivity contribution is 5.79. The predicted molar refractivity (Wildman–Crippen MR) is 97.3 cm³/mol. The number of piperidine rings is 1. The van der Waals surface area contributed by atoms with E-state index in [1.165, 1.54) is 5.56 Å². The van der Waals surface area contributed by atoms with Gasteiger partial charge in [-0.2, -0.15) is 0 Å². The quantitative estimate of drug-likeness (QED) is 0.710. The highest BCUT2D eigenvalue weighted by Crippen LogP contribution is 2.19. The van der Waals surface area contributed by atoms with Crippen LogP contribution < -0.4 is 0 Å². The third-order valence-corrected chi connectivity index (χ3v) is 5.05. The molecule has 5 nitrogen and oxygen atoms in total. The van der Waals surface area contributed by atoms with Crippen LogP contribution in [-0.4, -0.2) is 68.3 Å². The van der Waals surface area contributed by atoms with Gasteiger partial charge in [-0.15, -0.1) is 0 Å². The zero-order valence-corrected chi connectivity index (χ0v) is 15.1. The number of benzene rings is 1. The average molecular weight is 346 g/mol. The van der Waals surface area contributed by atoms with Crippen LogP contribution in [0, 0.1) is 5.92 Å². The minimum atomic E-state index is 0.164. The first-order chi connectivity index (χ1) is 12.3. The zero-order valence-electron chi connectivity index (χ0n) is 15.1. The minimum absolute atomic E-state index is 0.164. The van der Waals surface area contributed by atoms with Crippen LogP contribution >= 0.6 is 0 Å². The normalized spacial score (nSPS) is 22.1. The zero-order chi connectivity index (χ0) is 17.3. The fraction of sp³-hybridized carbons (Fsp3) is 0.650. The standard InChI is InChI=1S/C20H30N2O3/c23-20(22-11-14-24-15-12-22)19-8-4-9-21(16-19)10-5-13-25-17-18-6-2-1-3-7-18/h1-3,6-7,19H,4-5,8-17H2. The van der Waals surface area contributed by atoms with Crippen molar-refractivity contribution in [3.8, 4) is 0 Å². The molecule has 1 aromatic carbocycles. The number of hydrogen-bond acceptors (Lipinski definition) is 4. The number of amides is 1. The van der Waals surface area contributed by atoms with Gasteiger partial charge in [-0.3, -0.25) is 4.79 Å². The highest BCUT2D eigenvalue weighted by Gasteiger charge is 2.29. The molecule has 2 fully saturated rings. The van der Waals surface area contributed by atoms with Crippen molar-refractivity contribution >= 4 is 5.91 Å². The molecule has 0 saturated carbocycles. The molecule has 1 unspecified atom stereocenters. The van der Waals surface area contributed by atoms with Crippen molar-refractivity contribution in [2.75, 3.05) is 52.5 Å². The maximum atomic E-state index is 12.7. The summed E-state index contributed by atoms with van der Waals surface area (Å²) in [5.74, 6) is 0.491. The molecule has 25 heavy (non-hydrogen) atoms. The Morgan fingerprint density at radius 2 is 1.96 bits per heavy atom. The number of rotatable bonds is 7. The number of carbonyl (C=O) groups is 1. The maximum Gasteiger partial charge on any atom is 0.227 e. The van der Waals surface area contributed by atoms with Gasteiger partial charge in [0.1, 0.15) is 0 Å². The van der Waals surface area contributed by atoms with Gasteiger partial charge in [0.05, 0.1) is 25.7 Å². The van der Waals surface area contributed by atoms with Gasteiger partial charge >= 0.3 is 0 Å². The van der Waals surface area contributed by atoms with Crippen molar-refractivity contribution in [3.63, 3.8) is 0 Å². The van der Waals surface area contributed by atoms with Gasteiger partial charge in [0.2, 0.25) is 5.91 Å². The highest BCUT2D eigenvalue weighted by atomic mass is 16.5.